The molecule has 4 N–H and O–H groups in total. The lowest BCUT2D eigenvalue weighted by atomic mass is 9.91. The molecule has 0 fully saturated rings. The van der Waals surface area contributed by atoms with E-state index in [0.717, 1.165) is 22.4 Å². The molecule has 1 heterocycles. The van der Waals surface area contributed by atoms with Crippen LogP contribution in [0.2, 0.25) is 15.1 Å². The lowest BCUT2D eigenvalue weighted by molar-refractivity contribution is 1.03. The molecule has 9 heteroatoms. The first kappa shape index (κ1) is 24.6. The van der Waals surface area contributed by atoms with Gasteiger partial charge in [-0.3, -0.25) is 0 Å². The standard InChI is InChI=1S/C26H21Cl3N6/c1-14-3-8-18(10-21(14)28)34-25-24(31)26(33-13-32-25)35-23-11-22(29)19(9-15(23)2)20(12-30)16-4-6-17(27)7-5-16/h3-11,13,20H,31H2,1-2H3,(H2,32,33,34,35). The number of nitrogen functional groups attached to an aromatic ring is 1. The third kappa shape index (κ3) is 5.44. The first-order valence-corrected chi connectivity index (χ1v) is 11.8. The number of nitrogens with two attached hydrogens (primary N) is 1. The van der Waals surface area contributed by atoms with E-state index in [0.29, 0.717) is 43.6 Å². The molecule has 0 saturated heterocycles. The number of nitriles is 1. The Morgan fingerprint density at radius 3 is 2.20 bits per heavy atom. The van der Waals surface area contributed by atoms with Crippen molar-refractivity contribution in [2.24, 2.45) is 0 Å². The third-order valence-electron chi connectivity index (χ3n) is 5.56. The van der Waals surface area contributed by atoms with Gasteiger partial charge in [-0.15, -0.1) is 0 Å². The number of halogens is 3. The molecule has 6 nitrogen and oxygen atoms in total. The average Bonchev–Trinajstić information content (AvgIpc) is 2.83. The van der Waals surface area contributed by atoms with E-state index in [1.165, 1.54) is 6.33 Å². The highest BCUT2D eigenvalue weighted by molar-refractivity contribution is 6.32. The summed E-state index contributed by atoms with van der Waals surface area (Å²) in [5.74, 6) is 0.325. The summed E-state index contributed by atoms with van der Waals surface area (Å²) in [5.41, 5.74) is 11.5. The normalized spacial score (nSPS) is 11.5. The second kappa shape index (κ2) is 10.4. The number of nitrogens with zero attached hydrogens (tertiary/aromatic N) is 3. The summed E-state index contributed by atoms with van der Waals surface area (Å²) in [4.78, 5) is 8.54. The fraction of sp³-hybridized carbons (Fsp3) is 0.115. The van der Waals surface area contributed by atoms with Gasteiger partial charge in [0.1, 0.15) is 12.0 Å². The van der Waals surface area contributed by atoms with Gasteiger partial charge in [0.25, 0.3) is 0 Å². The van der Waals surface area contributed by atoms with E-state index in [1.807, 2.05) is 44.2 Å². The molecule has 1 aromatic heterocycles. The summed E-state index contributed by atoms with van der Waals surface area (Å²) >= 11 is 18.8. The first-order valence-electron chi connectivity index (χ1n) is 10.6. The summed E-state index contributed by atoms with van der Waals surface area (Å²) in [7, 11) is 0. The van der Waals surface area contributed by atoms with Crippen molar-refractivity contribution >= 4 is 63.5 Å². The fourth-order valence-corrected chi connectivity index (χ4v) is 4.15. The Morgan fingerprint density at radius 2 is 1.54 bits per heavy atom. The van der Waals surface area contributed by atoms with Crippen molar-refractivity contribution in [3.05, 3.63) is 98.2 Å². The van der Waals surface area contributed by atoms with Crippen LogP contribution in [0.1, 0.15) is 28.2 Å². The van der Waals surface area contributed by atoms with E-state index < -0.39 is 5.92 Å². The lowest BCUT2D eigenvalue weighted by Gasteiger charge is -2.17. The molecule has 0 aliphatic carbocycles. The molecular weight excluding hydrogens is 503 g/mol. The molecule has 4 aromatic rings. The van der Waals surface area contributed by atoms with Crippen molar-refractivity contribution in [2.75, 3.05) is 16.4 Å². The molecular formula is C26H21Cl3N6. The number of anilines is 5. The molecule has 35 heavy (non-hydrogen) atoms. The predicted octanol–water partition coefficient (Wildman–Crippen LogP) is 7.78. The Bertz CT molecular complexity index is 1430. The maximum atomic E-state index is 9.84. The number of benzene rings is 3. The van der Waals surface area contributed by atoms with Crippen LogP contribution in [0.3, 0.4) is 0 Å². The van der Waals surface area contributed by atoms with Crippen molar-refractivity contribution in [3.8, 4) is 6.07 Å². The van der Waals surface area contributed by atoms with E-state index in [4.69, 9.17) is 40.5 Å². The second-order valence-corrected chi connectivity index (χ2v) is 9.25. The Hall–Kier alpha value is -3.50. The van der Waals surface area contributed by atoms with Crippen molar-refractivity contribution in [3.63, 3.8) is 0 Å². The maximum Gasteiger partial charge on any atom is 0.159 e. The number of hydrogen-bond donors (Lipinski definition) is 3. The van der Waals surface area contributed by atoms with E-state index in [9.17, 15) is 5.26 Å². The molecule has 0 amide bonds. The van der Waals surface area contributed by atoms with Gasteiger partial charge in [0.05, 0.1) is 12.0 Å². The molecule has 4 rings (SSSR count). The molecule has 0 saturated carbocycles. The predicted molar refractivity (Wildman–Crippen MR) is 144 cm³/mol. The van der Waals surface area contributed by atoms with Crippen LogP contribution in [0, 0.1) is 25.2 Å². The van der Waals surface area contributed by atoms with Gasteiger partial charge in [-0.05, 0) is 66.4 Å². The van der Waals surface area contributed by atoms with Gasteiger partial charge in [0.2, 0.25) is 0 Å². The van der Waals surface area contributed by atoms with Crippen LogP contribution in [-0.2, 0) is 0 Å². The van der Waals surface area contributed by atoms with Crippen LogP contribution >= 0.6 is 34.8 Å². The molecule has 176 valence electrons. The highest BCUT2D eigenvalue weighted by Gasteiger charge is 2.19. The Kier molecular flexibility index (Phi) is 7.32. The van der Waals surface area contributed by atoms with Gasteiger partial charge in [-0.25, -0.2) is 9.97 Å². The van der Waals surface area contributed by atoms with Crippen molar-refractivity contribution in [1.29, 1.82) is 5.26 Å². The summed E-state index contributed by atoms with van der Waals surface area (Å²) in [6.45, 7) is 3.85. The Balaban J connectivity index is 1.61. The summed E-state index contributed by atoms with van der Waals surface area (Å²) in [5, 5.41) is 17.9. The minimum Gasteiger partial charge on any atom is -0.393 e. The number of rotatable bonds is 6. The molecule has 0 bridgehead atoms. The van der Waals surface area contributed by atoms with Gasteiger partial charge >= 0.3 is 0 Å². The lowest BCUT2D eigenvalue weighted by Crippen LogP contribution is -2.07. The smallest absolute Gasteiger partial charge is 0.159 e. The maximum absolute atomic E-state index is 9.84. The Morgan fingerprint density at radius 1 is 0.857 bits per heavy atom. The van der Waals surface area contributed by atoms with Crippen LogP contribution in [0.25, 0.3) is 0 Å². The SMILES string of the molecule is Cc1ccc(Nc2ncnc(Nc3cc(Cl)c(C(C#N)c4ccc(Cl)cc4)cc3C)c2N)cc1Cl. The van der Waals surface area contributed by atoms with Crippen LogP contribution in [0.4, 0.5) is 28.7 Å². The third-order valence-corrected chi connectivity index (χ3v) is 6.55. The van der Waals surface area contributed by atoms with Gasteiger partial charge < -0.3 is 16.4 Å². The van der Waals surface area contributed by atoms with Gasteiger partial charge in [-0.2, -0.15) is 5.26 Å². The quantitative estimate of drug-likeness (QED) is 0.239. The largest absolute Gasteiger partial charge is 0.393 e. The molecule has 0 aliphatic rings. The van der Waals surface area contributed by atoms with Crippen molar-refractivity contribution in [1.82, 2.24) is 9.97 Å². The number of aromatic nitrogens is 2. The zero-order chi connectivity index (χ0) is 25.1. The number of hydrogen-bond acceptors (Lipinski definition) is 6. The van der Waals surface area contributed by atoms with Crippen molar-refractivity contribution < 1.29 is 0 Å². The molecule has 0 radical (unpaired) electrons. The molecule has 1 unspecified atom stereocenters. The second-order valence-electron chi connectivity index (χ2n) is 8.00. The Labute approximate surface area is 218 Å². The minimum atomic E-state index is -0.534. The van der Waals surface area contributed by atoms with Crippen LogP contribution in [0.15, 0.2) is 60.9 Å². The van der Waals surface area contributed by atoms with Crippen LogP contribution in [0.5, 0.6) is 0 Å². The van der Waals surface area contributed by atoms with Gasteiger partial charge in [0, 0.05) is 26.4 Å². The van der Waals surface area contributed by atoms with Crippen LogP contribution < -0.4 is 16.4 Å². The molecule has 0 spiro atoms. The highest BCUT2D eigenvalue weighted by Crippen LogP contribution is 2.36. The number of aryl methyl sites for hydroxylation is 2. The summed E-state index contributed by atoms with van der Waals surface area (Å²) in [6, 6.07) is 18.8. The zero-order valence-corrected chi connectivity index (χ0v) is 21.2. The number of nitrogens with one attached hydrogen (secondary N) is 2. The topological polar surface area (TPSA) is 99.6 Å². The minimum absolute atomic E-state index is 0.333. The van der Waals surface area contributed by atoms with E-state index in [-0.39, 0.29) is 0 Å². The van der Waals surface area contributed by atoms with E-state index in [1.54, 1.807) is 24.3 Å². The zero-order valence-electron chi connectivity index (χ0n) is 18.9. The van der Waals surface area contributed by atoms with E-state index >= 15 is 0 Å². The highest BCUT2D eigenvalue weighted by atomic mass is 35.5. The van der Waals surface area contributed by atoms with Crippen molar-refractivity contribution in [2.45, 2.75) is 19.8 Å². The molecule has 3 aromatic carbocycles. The first-order chi connectivity index (χ1) is 16.8. The molecule has 0 aliphatic heterocycles. The van der Waals surface area contributed by atoms with Crippen LogP contribution in [-0.4, -0.2) is 9.97 Å². The van der Waals surface area contributed by atoms with Gasteiger partial charge in [-0.1, -0.05) is 59.1 Å². The molecule has 1 atom stereocenters. The summed E-state index contributed by atoms with van der Waals surface area (Å²) < 4.78 is 0. The summed E-state index contributed by atoms with van der Waals surface area (Å²) in [6.07, 6.45) is 1.41. The van der Waals surface area contributed by atoms with Gasteiger partial charge in [0.15, 0.2) is 11.6 Å². The van der Waals surface area contributed by atoms with E-state index in [2.05, 4.69) is 26.7 Å². The fourth-order valence-electron chi connectivity index (χ4n) is 3.57. The average molecular weight is 524 g/mol. The monoisotopic (exact) mass is 522 g/mol.